The van der Waals surface area contributed by atoms with Gasteiger partial charge in [0, 0.05) is 14.1 Å². The second-order valence-electron chi connectivity index (χ2n) is 4.01. The lowest BCUT2D eigenvalue weighted by molar-refractivity contribution is -0.136. The Morgan fingerprint density at radius 2 is 2.00 bits per heavy atom. The van der Waals surface area contributed by atoms with Gasteiger partial charge in [-0.2, -0.15) is 0 Å². The molecule has 1 atom stereocenters. The molecule has 0 saturated heterocycles. The Morgan fingerprint density at radius 1 is 1.38 bits per heavy atom. The van der Waals surface area contributed by atoms with E-state index < -0.39 is 6.10 Å². The number of likely N-dealkylation sites (N-methyl/N-ethyl adjacent to an activating group) is 1. The van der Waals surface area contributed by atoms with Crippen LogP contribution < -0.4 is 4.74 Å². The largest absolute Gasteiger partial charge is 0.480 e. The first kappa shape index (κ1) is 12.6. The SMILES string of the molecule is CC[C@@H](Oc1ccccc1C)C(=O)N(C)C. The Bertz CT molecular complexity index is 361. The van der Waals surface area contributed by atoms with E-state index in [0.717, 1.165) is 11.3 Å². The number of amides is 1. The van der Waals surface area contributed by atoms with Crippen molar-refractivity contribution in [1.29, 1.82) is 0 Å². The molecular formula is C13H19NO2. The third-order valence-corrected chi connectivity index (χ3v) is 2.45. The maximum atomic E-state index is 11.8. The molecule has 0 bridgehead atoms. The average molecular weight is 221 g/mol. The molecule has 0 spiro atoms. The summed E-state index contributed by atoms with van der Waals surface area (Å²) in [5.41, 5.74) is 1.05. The molecule has 0 aliphatic carbocycles. The lowest BCUT2D eigenvalue weighted by atomic mass is 10.2. The quantitative estimate of drug-likeness (QED) is 0.780. The standard InChI is InChI=1S/C13H19NO2/c1-5-11(13(15)14(3)4)16-12-9-7-6-8-10(12)2/h6-9,11H,5H2,1-4H3/t11-/m1/s1. The molecule has 1 rings (SSSR count). The number of carbonyl (C=O) groups excluding carboxylic acids is 1. The normalized spacial score (nSPS) is 12.0. The van der Waals surface area contributed by atoms with Crippen molar-refractivity contribution in [2.75, 3.05) is 14.1 Å². The van der Waals surface area contributed by atoms with E-state index in [1.807, 2.05) is 38.1 Å². The van der Waals surface area contributed by atoms with Gasteiger partial charge in [0.25, 0.3) is 5.91 Å². The first-order valence-corrected chi connectivity index (χ1v) is 5.49. The minimum atomic E-state index is -0.393. The molecule has 3 nitrogen and oxygen atoms in total. The molecule has 16 heavy (non-hydrogen) atoms. The number of ether oxygens (including phenoxy) is 1. The van der Waals surface area contributed by atoms with Crippen LogP contribution in [0, 0.1) is 6.92 Å². The van der Waals surface area contributed by atoms with Gasteiger partial charge in [-0.05, 0) is 25.0 Å². The van der Waals surface area contributed by atoms with Crippen LogP contribution in [-0.4, -0.2) is 31.0 Å². The Labute approximate surface area is 97.0 Å². The summed E-state index contributed by atoms with van der Waals surface area (Å²) in [7, 11) is 3.48. The molecule has 0 radical (unpaired) electrons. The van der Waals surface area contributed by atoms with E-state index >= 15 is 0 Å². The van der Waals surface area contributed by atoms with E-state index in [1.165, 1.54) is 0 Å². The van der Waals surface area contributed by atoms with E-state index in [1.54, 1.807) is 19.0 Å². The molecule has 1 aromatic rings. The molecule has 0 aliphatic heterocycles. The maximum absolute atomic E-state index is 11.8. The van der Waals surface area contributed by atoms with E-state index in [9.17, 15) is 4.79 Å². The smallest absolute Gasteiger partial charge is 0.263 e. The van der Waals surface area contributed by atoms with Gasteiger partial charge in [0.1, 0.15) is 5.75 Å². The summed E-state index contributed by atoms with van der Waals surface area (Å²) in [6, 6.07) is 7.73. The predicted molar refractivity (Wildman–Crippen MR) is 64.6 cm³/mol. The van der Waals surface area contributed by atoms with Crippen molar-refractivity contribution in [2.45, 2.75) is 26.4 Å². The fourth-order valence-electron chi connectivity index (χ4n) is 1.44. The van der Waals surface area contributed by atoms with Crippen LogP contribution in [-0.2, 0) is 4.79 Å². The minimum absolute atomic E-state index is 0.00533. The summed E-state index contributed by atoms with van der Waals surface area (Å²) in [6.45, 7) is 3.92. The number of carbonyl (C=O) groups is 1. The zero-order chi connectivity index (χ0) is 12.1. The lowest BCUT2D eigenvalue weighted by Crippen LogP contribution is -2.37. The van der Waals surface area contributed by atoms with Crippen LogP contribution in [0.5, 0.6) is 5.75 Å². The van der Waals surface area contributed by atoms with Gasteiger partial charge >= 0.3 is 0 Å². The Balaban J connectivity index is 2.78. The highest BCUT2D eigenvalue weighted by atomic mass is 16.5. The first-order valence-electron chi connectivity index (χ1n) is 5.49. The highest BCUT2D eigenvalue weighted by Gasteiger charge is 2.20. The molecular weight excluding hydrogens is 202 g/mol. The van der Waals surface area contributed by atoms with Gasteiger partial charge in [0.05, 0.1) is 0 Å². The maximum Gasteiger partial charge on any atom is 0.263 e. The summed E-state index contributed by atoms with van der Waals surface area (Å²) in [5.74, 6) is 0.787. The zero-order valence-electron chi connectivity index (χ0n) is 10.4. The summed E-state index contributed by atoms with van der Waals surface area (Å²) in [4.78, 5) is 13.4. The molecule has 0 fully saturated rings. The van der Waals surface area contributed by atoms with Crippen LogP contribution in [0.3, 0.4) is 0 Å². The molecule has 1 aromatic carbocycles. The van der Waals surface area contributed by atoms with Gasteiger partial charge in [-0.25, -0.2) is 0 Å². The molecule has 1 amide bonds. The number of hydrogen-bond donors (Lipinski definition) is 0. The molecule has 0 saturated carbocycles. The van der Waals surface area contributed by atoms with Crippen molar-refractivity contribution >= 4 is 5.91 Å². The summed E-state index contributed by atoms with van der Waals surface area (Å²) < 4.78 is 5.73. The minimum Gasteiger partial charge on any atom is -0.480 e. The highest BCUT2D eigenvalue weighted by molar-refractivity contribution is 5.80. The van der Waals surface area contributed by atoms with Crippen LogP contribution in [0.25, 0.3) is 0 Å². The van der Waals surface area contributed by atoms with E-state index in [2.05, 4.69) is 0 Å². The van der Waals surface area contributed by atoms with Crippen LogP contribution in [0.1, 0.15) is 18.9 Å². The number of benzene rings is 1. The topological polar surface area (TPSA) is 29.5 Å². The van der Waals surface area contributed by atoms with Crippen molar-refractivity contribution in [3.8, 4) is 5.75 Å². The molecule has 88 valence electrons. The Kier molecular flexibility index (Phi) is 4.35. The highest BCUT2D eigenvalue weighted by Crippen LogP contribution is 2.19. The van der Waals surface area contributed by atoms with Crippen molar-refractivity contribution in [3.05, 3.63) is 29.8 Å². The molecule has 0 N–H and O–H groups in total. The lowest BCUT2D eigenvalue weighted by Gasteiger charge is -2.21. The van der Waals surface area contributed by atoms with Crippen LogP contribution in [0.15, 0.2) is 24.3 Å². The number of rotatable bonds is 4. The molecule has 0 aliphatic rings. The van der Waals surface area contributed by atoms with Crippen molar-refractivity contribution in [1.82, 2.24) is 4.90 Å². The zero-order valence-corrected chi connectivity index (χ0v) is 10.4. The number of nitrogens with zero attached hydrogens (tertiary/aromatic N) is 1. The van der Waals surface area contributed by atoms with Crippen LogP contribution in [0.4, 0.5) is 0 Å². The fourth-order valence-corrected chi connectivity index (χ4v) is 1.44. The first-order chi connectivity index (χ1) is 7.56. The predicted octanol–water partition coefficient (Wildman–Crippen LogP) is 2.24. The Hall–Kier alpha value is -1.51. The van der Waals surface area contributed by atoms with E-state index in [4.69, 9.17) is 4.74 Å². The summed E-state index contributed by atoms with van der Waals surface area (Å²) in [6.07, 6.45) is 0.279. The summed E-state index contributed by atoms with van der Waals surface area (Å²) >= 11 is 0. The van der Waals surface area contributed by atoms with Gasteiger partial charge in [-0.1, -0.05) is 25.1 Å². The van der Waals surface area contributed by atoms with Crippen molar-refractivity contribution < 1.29 is 9.53 Å². The Morgan fingerprint density at radius 3 is 2.50 bits per heavy atom. The van der Waals surface area contributed by atoms with Crippen LogP contribution >= 0.6 is 0 Å². The van der Waals surface area contributed by atoms with Crippen molar-refractivity contribution in [2.24, 2.45) is 0 Å². The third-order valence-electron chi connectivity index (χ3n) is 2.45. The molecule has 3 heteroatoms. The van der Waals surface area contributed by atoms with E-state index in [-0.39, 0.29) is 5.91 Å². The monoisotopic (exact) mass is 221 g/mol. The summed E-state index contributed by atoms with van der Waals surface area (Å²) in [5, 5.41) is 0. The number of para-hydroxylation sites is 1. The van der Waals surface area contributed by atoms with E-state index in [0.29, 0.717) is 6.42 Å². The molecule has 0 aromatic heterocycles. The average Bonchev–Trinajstić information content (AvgIpc) is 2.27. The van der Waals surface area contributed by atoms with Gasteiger partial charge in [-0.3, -0.25) is 4.79 Å². The van der Waals surface area contributed by atoms with Gasteiger partial charge in [-0.15, -0.1) is 0 Å². The number of aryl methyl sites for hydroxylation is 1. The van der Waals surface area contributed by atoms with Crippen LogP contribution in [0.2, 0.25) is 0 Å². The van der Waals surface area contributed by atoms with Gasteiger partial charge in [0.2, 0.25) is 0 Å². The second-order valence-corrected chi connectivity index (χ2v) is 4.01. The second kappa shape index (κ2) is 5.54. The third kappa shape index (κ3) is 2.99. The number of hydrogen-bond acceptors (Lipinski definition) is 2. The fraction of sp³-hybridized carbons (Fsp3) is 0.462. The molecule has 0 heterocycles. The van der Waals surface area contributed by atoms with Gasteiger partial charge in [0.15, 0.2) is 6.10 Å². The van der Waals surface area contributed by atoms with Crippen molar-refractivity contribution in [3.63, 3.8) is 0 Å². The van der Waals surface area contributed by atoms with Gasteiger partial charge < -0.3 is 9.64 Å². The molecule has 0 unspecified atom stereocenters.